The van der Waals surface area contributed by atoms with Crippen molar-refractivity contribution in [3.8, 4) is 16.9 Å². The number of hydrogen-bond acceptors (Lipinski definition) is 3. The number of carbonyl (C=O) groups is 1. The number of fused-ring (bicyclic) bond motifs is 1. The Morgan fingerprint density at radius 2 is 1.79 bits per heavy atom. The van der Waals surface area contributed by atoms with E-state index in [-0.39, 0.29) is 11.5 Å². The molecule has 0 amide bonds. The number of carboxylic acids is 1. The van der Waals surface area contributed by atoms with E-state index in [1.54, 1.807) is 32.9 Å². The summed E-state index contributed by atoms with van der Waals surface area (Å²) in [5.41, 5.74) is -2.00. The van der Waals surface area contributed by atoms with Crippen molar-refractivity contribution in [1.29, 1.82) is 0 Å². The Morgan fingerprint density at radius 1 is 1.09 bits per heavy atom. The van der Waals surface area contributed by atoms with Gasteiger partial charge in [-0.2, -0.15) is 13.2 Å². The molecule has 1 unspecified atom stereocenters. The highest BCUT2D eigenvalue weighted by atomic mass is 19.4. The summed E-state index contributed by atoms with van der Waals surface area (Å²) in [5, 5.41) is 10.2. The summed E-state index contributed by atoms with van der Waals surface area (Å²) in [6.07, 6.45) is -1.46. The van der Waals surface area contributed by atoms with Crippen LogP contribution in [0.4, 0.5) is 13.2 Å². The Morgan fingerprint density at radius 3 is 2.36 bits per heavy atom. The lowest BCUT2D eigenvalue weighted by Gasteiger charge is -2.37. The average molecular weight is 463 g/mol. The molecule has 0 bridgehead atoms. The fraction of sp³-hybridized carbons (Fsp3) is 0.500. The number of aryl methyl sites for hydroxylation is 1. The van der Waals surface area contributed by atoms with E-state index in [1.165, 1.54) is 13.0 Å². The van der Waals surface area contributed by atoms with Crippen molar-refractivity contribution in [2.45, 2.75) is 76.7 Å². The van der Waals surface area contributed by atoms with E-state index in [0.29, 0.717) is 17.7 Å². The van der Waals surface area contributed by atoms with Gasteiger partial charge in [0.15, 0.2) is 5.60 Å². The molecule has 7 heteroatoms. The van der Waals surface area contributed by atoms with Crippen molar-refractivity contribution in [3.05, 3.63) is 52.6 Å². The summed E-state index contributed by atoms with van der Waals surface area (Å²) in [4.78, 5) is 12.6. The van der Waals surface area contributed by atoms with Gasteiger partial charge in [-0.3, -0.25) is 0 Å². The van der Waals surface area contributed by atoms with E-state index in [2.05, 4.69) is 0 Å². The maximum absolute atomic E-state index is 14.3. The highest BCUT2D eigenvalue weighted by molar-refractivity contribution is 5.86. The van der Waals surface area contributed by atoms with Crippen molar-refractivity contribution in [2.75, 3.05) is 6.61 Å². The van der Waals surface area contributed by atoms with E-state index in [4.69, 9.17) is 9.47 Å². The third-order valence-electron chi connectivity index (χ3n) is 6.15. The summed E-state index contributed by atoms with van der Waals surface area (Å²) in [5.74, 6) is -0.641. The fourth-order valence-corrected chi connectivity index (χ4v) is 4.73. The van der Waals surface area contributed by atoms with Crippen molar-refractivity contribution >= 4 is 5.97 Å². The first-order chi connectivity index (χ1) is 15.3. The first-order valence-corrected chi connectivity index (χ1v) is 11.3. The molecular formula is C26H29F3O4. The zero-order valence-electron chi connectivity index (χ0n) is 19.3. The minimum atomic E-state index is -4.75. The number of carboxylic acid groups (broad SMARTS) is 1. The standard InChI is InChI=1S/C26H29F3O4/c1-24(2,3)33-25(4,23(30)31)22-19(26(27,28)29)11-10-18(15-7-8-15)21(22)17-9-12-20-16(14-17)6-5-13-32-20/h9-12,14-15H,5-8,13H2,1-4H3,(H,30,31). The molecule has 2 aromatic rings. The Labute approximate surface area is 191 Å². The minimum absolute atomic E-state index is 0.0981. The molecule has 1 saturated carbocycles. The molecule has 178 valence electrons. The van der Waals surface area contributed by atoms with Crippen molar-refractivity contribution in [3.63, 3.8) is 0 Å². The minimum Gasteiger partial charge on any atom is -0.493 e. The lowest BCUT2D eigenvalue weighted by Crippen LogP contribution is -2.43. The van der Waals surface area contributed by atoms with Gasteiger partial charge in [-0.25, -0.2) is 4.79 Å². The molecule has 1 atom stereocenters. The lowest BCUT2D eigenvalue weighted by atomic mass is 9.79. The average Bonchev–Trinajstić information content (AvgIpc) is 3.55. The second-order valence-electron chi connectivity index (χ2n) is 10.1. The molecule has 1 aliphatic heterocycles. The number of rotatable bonds is 5. The van der Waals surface area contributed by atoms with Crippen LogP contribution in [-0.2, 0) is 27.7 Å². The topological polar surface area (TPSA) is 55.8 Å². The monoisotopic (exact) mass is 462 g/mol. The van der Waals surface area contributed by atoms with E-state index in [0.717, 1.165) is 48.6 Å². The second-order valence-corrected chi connectivity index (χ2v) is 10.1. The second kappa shape index (κ2) is 8.05. The van der Waals surface area contributed by atoms with Crippen LogP contribution in [0.2, 0.25) is 0 Å². The van der Waals surface area contributed by atoms with Gasteiger partial charge in [-0.1, -0.05) is 12.1 Å². The third kappa shape index (κ3) is 4.60. The van der Waals surface area contributed by atoms with Gasteiger partial charge in [0.1, 0.15) is 5.75 Å². The summed E-state index contributed by atoms with van der Waals surface area (Å²) >= 11 is 0. The normalized spacial score (nSPS) is 18.3. The molecule has 4 nitrogen and oxygen atoms in total. The first-order valence-electron chi connectivity index (χ1n) is 11.3. The quantitative estimate of drug-likeness (QED) is 0.538. The van der Waals surface area contributed by atoms with Crippen molar-refractivity contribution in [1.82, 2.24) is 0 Å². The van der Waals surface area contributed by atoms with E-state index < -0.39 is 28.9 Å². The molecule has 33 heavy (non-hydrogen) atoms. The number of aliphatic carboxylic acids is 1. The highest BCUT2D eigenvalue weighted by Gasteiger charge is 2.49. The van der Waals surface area contributed by atoms with Gasteiger partial charge in [-0.15, -0.1) is 0 Å². The highest BCUT2D eigenvalue weighted by Crippen LogP contribution is 2.52. The number of ether oxygens (including phenoxy) is 2. The summed E-state index contributed by atoms with van der Waals surface area (Å²) in [6, 6.07) is 7.87. The molecule has 2 aliphatic rings. The van der Waals surface area contributed by atoms with Crippen molar-refractivity contribution in [2.24, 2.45) is 0 Å². The SMILES string of the molecule is CC(C)(C)OC(C)(C(=O)O)c1c(C(F)(F)F)ccc(C2CC2)c1-c1ccc2c(c1)CCCO2. The van der Waals surface area contributed by atoms with Crippen molar-refractivity contribution < 1.29 is 32.5 Å². The summed E-state index contributed by atoms with van der Waals surface area (Å²) in [6.45, 7) is 6.75. The predicted molar refractivity (Wildman–Crippen MR) is 118 cm³/mol. The van der Waals surface area contributed by atoms with Gasteiger partial charge in [-0.05, 0) is 99.7 Å². The molecule has 1 fully saturated rings. The smallest absolute Gasteiger partial charge is 0.416 e. The Balaban J connectivity index is 2.07. The maximum atomic E-state index is 14.3. The zero-order valence-corrected chi connectivity index (χ0v) is 19.3. The molecule has 1 heterocycles. The first kappa shape index (κ1) is 23.6. The Bertz CT molecular complexity index is 1080. The van der Waals surface area contributed by atoms with Crippen LogP contribution < -0.4 is 4.74 Å². The molecule has 0 aromatic heterocycles. The predicted octanol–water partition coefficient (Wildman–Crippen LogP) is 6.69. The third-order valence-corrected chi connectivity index (χ3v) is 6.15. The van der Waals surface area contributed by atoms with Gasteiger partial charge in [0.25, 0.3) is 0 Å². The molecule has 0 spiro atoms. The van der Waals surface area contributed by atoms with E-state index in [1.807, 2.05) is 6.07 Å². The number of benzene rings is 2. The molecule has 2 aromatic carbocycles. The molecule has 1 aliphatic carbocycles. The Kier molecular flexibility index (Phi) is 5.76. The lowest BCUT2D eigenvalue weighted by molar-refractivity contribution is -0.186. The summed E-state index contributed by atoms with van der Waals surface area (Å²) < 4.78 is 54.6. The Hall–Kier alpha value is -2.54. The number of hydrogen-bond donors (Lipinski definition) is 1. The molecule has 0 saturated heterocycles. The number of halogens is 3. The van der Waals surface area contributed by atoms with Gasteiger partial charge < -0.3 is 14.6 Å². The molecule has 0 radical (unpaired) electrons. The van der Waals surface area contributed by atoms with Gasteiger partial charge in [0, 0.05) is 5.56 Å². The zero-order chi connectivity index (χ0) is 24.2. The largest absolute Gasteiger partial charge is 0.493 e. The number of alkyl halides is 3. The van der Waals surface area contributed by atoms with Crippen LogP contribution >= 0.6 is 0 Å². The van der Waals surface area contributed by atoms with Crippen LogP contribution in [-0.4, -0.2) is 23.3 Å². The van der Waals surface area contributed by atoms with Crippen LogP contribution in [0, 0.1) is 0 Å². The fourth-order valence-electron chi connectivity index (χ4n) is 4.73. The van der Waals surface area contributed by atoms with E-state index in [9.17, 15) is 23.1 Å². The van der Waals surface area contributed by atoms with E-state index >= 15 is 0 Å². The van der Waals surface area contributed by atoms with Crippen LogP contribution in [0.15, 0.2) is 30.3 Å². The van der Waals surface area contributed by atoms with Crippen LogP contribution in [0.5, 0.6) is 5.75 Å². The molecule has 4 rings (SSSR count). The molecule has 1 N–H and O–H groups in total. The van der Waals surface area contributed by atoms with Crippen LogP contribution in [0.1, 0.15) is 75.1 Å². The van der Waals surface area contributed by atoms with Crippen LogP contribution in [0.3, 0.4) is 0 Å². The summed E-state index contributed by atoms with van der Waals surface area (Å²) in [7, 11) is 0. The maximum Gasteiger partial charge on any atom is 0.416 e. The molecular weight excluding hydrogens is 433 g/mol. The van der Waals surface area contributed by atoms with Gasteiger partial charge in [0.2, 0.25) is 0 Å². The van der Waals surface area contributed by atoms with Gasteiger partial charge in [0.05, 0.1) is 17.8 Å². The van der Waals surface area contributed by atoms with Gasteiger partial charge >= 0.3 is 12.1 Å². The van der Waals surface area contributed by atoms with Crippen LogP contribution in [0.25, 0.3) is 11.1 Å².